The SMILES string of the molecule is COc1ccc(-c2nn(-c3ccccc3)cc2CSC(=N)N)cc1.Cl. The Balaban J connectivity index is 0.00000225. The lowest BCUT2D eigenvalue weighted by molar-refractivity contribution is 0.415. The van der Waals surface area contributed by atoms with E-state index < -0.39 is 0 Å². The first-order valence-electron chi connectivity index (χ1n) is 7.42. The minimum atomic E-state index is 0. The lowest BCUT2D eigenvalue weighted by atomic mass is 10.1. The van der Waals surface area contributed by atoms with Crippen molar-refractivity contribution in [2.24, 2.45) is 5.73 Å². The van der Waals surface area contributed by atoms with Crippen LogP contribution < -0.4 is 10.5 Å². The van der Waals surface area contributed by atoms with Gasteiger partial charge in [-0.1, -0.05) is 30.0 Å². The van der Waals surface area contributed by atoms with Crippen LogP contribution in [0.15, 0.2) is 60.8 Å². The summed E-state index contributed by atoms with van der Waals surface area (Å²) in [5.74, 6) is 1.41. The Labute approximate surface area is 157 Å². The van der Waals surface area contributed by atoms with Crippen LogP contribution >= 0.6 is 24.2 Å². The second kappa shape index (κ2) is 8.60. The van der Waals surface area contributed by atoms with Crippen LogP contribution in [-0.4, -0.2) is 22.1 Å². The third-order valence-corrected chi connectivity index (χ3v) is 4.32. The van der Waals surface area contributed by atoms with Crippen molar-refractivity contribution >= 4 is 29.3 Å². The number of nitrogens with two attached hydrogens (primary N) is 1. The fraction of sp³-hybridized carbons (Fsp3) is 0.111. The maximum absolute atomic E-state index is 7.44. The average Bonchev–Trinajstić information content (AvgIpc) is 3.05. The Kier molecular flexibility index (Phi) is 6.50. The van der Waals surface area contributed by atoms with Crippen LogP contribution in [0.2, 0.25) is 0 Å². The minimum Gasteiger partial charge on any atom is -0.497 e. The van der Waals surface area contributed by atoms with Crippen molar-refractivity contribution < 1.29 is 4.74 Å². The first kappa shape index (κ1) is 18.9. The van der Waals surface area contributed by atoms with E-state index in [1.54, 1.807) is 7.11 Å². The summed E-state index contributed by atoms with van der Waals surface area (Å²) in [7, 11) is 1.65. The van der Waals surface area contributed by atoms with Crippen LogP contribution in [0.25, 0.3) is 16.9 Å². The topological polar surface area (TPSA) is 76.9 Å². The quantitative estimate of drug-likeness (QED) is 0.520. The molecule has 1 aromatic heterocycles. The number of rotatable bonds is 5. The van der Waals surface area contributed by atoms with Gasteiger partial charge in [0.05, 0.1) is 18.5 Å². The molecule has 0 amide bonds. The van der Waals surface area contributed by atoms with Gasteiger partial charge in [0, 0.05) is 23.1 Å². The van der Waals surface area contributed by atoms with Gasteiger partial charge in [0.15, 0.2) is 5.17 Å². The highest BCUT2D eigenvalue weighted by Crippen LogP contribution is 2.28. The van der Waals surface area contributed by atoms with E-state index in [4.69, 9.17) is 21.0 Å². The highest BCUT2D eigenvalue weighted by molar-refractivity contribution is 8.13. The van der Waals surface area contributed by atoms with E-state index in [1.165, 1.54) is 11.8 Å². The molecule has 2 aromatic carbocycles. The zero-order valence-corrected chi connectivity index (χ0v) is 15.3. The molecule has 3 N–H and O–H groups in total. The van der Waals surface area contributed by atoms with Gasteiger partial charge in [0.25, 0.3) is 0 Å². The summed E-state index contributed by atoms with van der Waals surface area (Å²) in [6.07, 6.45) is 1.99. The third-order valence-electron chi connectivity index (χ3n) is 3.56. The Bertz CT molecular complexity index is 834. The van der Waals surface area contributed by atoms with Gasteiger partial charge in [-0.15, -0.1) is 12.4 Å². The number of methoxy groups -OCH3 is 1. The monoisotopic (exact) mass is 374 g/mol. The Hall–Kier alpha value is -2.44. The van der Waals surface area contributed by atoms with Crippen LogP contribution in [0, 0.1) is 5.41 Å². The summed E-state index contributed by atoms with van der Waals surface area (Å²) >= 11 is 1.29. The van der Waals surface area contributed by atoms with Crippen LogP contribution in [-0.2, 0) is 5.75 Å². The van der Waals surface area contributed by atoms with Crippen molar-refractivity contribution in [3.05, 3.63) is 66.4 Å². The highest BCUT2D eigenvalue weighted by Gasteiger charge is 2.13. The van der Waals surface area contributed by atoms with Gasteiger partial charge in [0.1, 0.15) is 5.75 Å². The van der Waals surface area contributed by atoms with Crippen LogP contribution in [0.3, 0.4) is 0 Å². The Morgan fingerprint density at radius 3 is 2.44 bits per heavy atom. The number of nitrogens with zero attached hydrogens (tertiary/aromatic N) is 2. The van der Waals surface area contributed by atoms with Gasteiger partial charge in [0.2, 0.25) is 0 Å². The van der Waals surface area contributed by atoms with Crippen molar-refractivity contribution in [1.29, 1.82) is 5.41 Å². The van der Waals surface area contributed by atoms with Crippen molar-refractivity contribution in [1.82, 2.24) is 9.78 Å². The maximum atomic E-state index is 7.44. The molecule has 3 rings (SSSR count). The predicted octanol–water partition coefficient (Wildman–Crippen LogP) is 4.10. The number of amidine groups is 1. The molecule has 5 nitrogen and oxygen atoms in total. The van der Waals surface area contributed by atoms with Crippen molar-refractivity contribution in [2.45, 2.75) is 5.75 Å². The number of aromatic nitrogens is 2. The number of thioether (sulfide) groups is 1. The Morgan fingerprint density at radius 2 is 1.84 bits per heavy atom. The zero-order valence-electron chi connectivity index (χ0n) is 13.7. The molecule has 0 saturated carbocycles. The molecule has 1 heterocycles. The third kappa shape index (κ3) is 4.55. The minimum absolute atomic E-state index is 0. The fourth-order valence-corrected chi connectivity index (χ4v) is 2.90. The summed E-state index contributed by atoms with van der Waals surface area (Å²) in [4.78, 5) is 0. The smallest absolute Gasteiger partial charge is 0.151 e. The van der Waals surface area contributed by atoms with Crippen LogP contribution in [0.4, 0.5) is 0 Å². The second-order valence-corrected chi connectivity index (χ2v) is 6.18. The van der Waals surface area contributed by atoms with E-state index in [2.05, 4.69) is 0 Å². The van der Waals surface area contributed by atoms with Crippen LogP contribution in [0.1, 0.15) is 5.56 Å². The molecule has 25 heavy (non-hydrogen) atoms. The normalized spacial score (nSPS) is 10.1. The van der Waals surface area contributed by atoms with E-state index in [0.717, 1.165) is 28.3 Å². The molecule has 0 aliphatic heterocycles. The first-order chi connectivity index (χ1) is 11.7. The summed E-state index contributed by atoms with van der Waals surface area (Å²) in [5, 5.41) is 12.3. The number of halogens is 1. The number of ether oxygens (including phenoxy) is 1. The van der Waals surface area contributed by atoms with Gasteiger partial charge < -0.3 is 10.5 Å². The van der Waals surface area contributed by atoms with Gasteiger partial charge in [-0.3, -0.25) is 5.41 Å². The Morgan fingerprint density at radius 1 is 1.16 bits per heavy atom. The zero-order chi connectivity index (χ0) is 16.9. The summed E-state index contributed by atoms with van der Waals surface area (Å²) in [6, 6.07) is 17.7. The molecule has 7 heteroatoms. The van der Waals surface area contributed by atoms with Gasteiger partial charge in [-0.05, 0) is 36.4 Å². The second-order valence-electron chi connectivity index (χ2n) is 5.16. The first-order valence-corrected chi connectivity index (χ1v) is 8.41. The average molecular weight is 375 g/mol. The standard InChI is InChI=1S/C18H18N4OS.ClH/c1-23-16-9-7-13(8-10-16)17-14(12-24-18(19)20)11-22(21-17)15-5-3-2-4-6-15;/h2-11H,12H2,1H3,(H3,19,20);1H. The fourth-order valence-electron chi connectivity index (χ4n) is 2.38. The maximum Gasteiger partial charge on any atom is 0.151 e. The molecular formula is C18H19ClN4OS. The predicted molar refractivity (Wildman–Crippen MR) is 106 cm³/mol. The molecule has 0 spiro atoms. The summed E-state index contributed by atoms with van der Waals surface area (Å²) in [5.41, 5.74) is 9.40. The molecule has 0 unspecified atom stereocenters. The number of benzene rings is 2. The lowest BCUT2D eigenvalue weighted by Crippen LogP contribution is -2.03. The summed E-state index contributed by atoms with van der Waals surface area (Å²) < 4.78 is 7.07. The largest absolute Gasteiger partial charge is 0.497 e. The van der Waals surface area contributed by atoms with Crippen molar-refractivity contribution in [3.8, 4) is 22.7 Å². The van der Waals surface area contributed by atoms with Crippen LogP contribution in [0.5, 0.6) is 5.75 Å². The molecule has 0 radical (unpaired) electrons. The molecule has 130 valence electrons. The van der Waals surface area contributed by atoms with Gasteiger partial charge >= 0.3 is 0 Å². The molecular weight excluding hydrogens is 356 g/mol. The molecule has 0 aliphatic rings. The number of nitrogens with one attached hydrogen (secondary N) is 1. The molecule has 0 fully saturated rings. The van der Waals surface area contributed by atoms with Crippen molar-refractivity contribution in [3.63, 3.8) is 0 Å². The van der Waals surface area contributed by atoms with Gasteiger partial charge in [-0.2, -0.15) is 5.10 Å². The van der Waals surface area contributed by atoms with E-state index in [1.807, 2.05) is 65.5 Å². The highest BCUT2D eigenvalue weighted by atomic mass is 35.5. The van der Waals surface area contributed by atoms with Crippen molar-refractivity contribution in [2.75, 3.05) is 7.11 Å². The molecule has 3 aromatic rings. The molecule has 0 bridgehead atoms. The number of hydrogen-bond donors (Lipinski definition) is 2. The van der Waals surface area contributed by atoms with E-state index in [-0.39, 0.29) is 17.6 Å². The van der Waals surface area contributed by atoms with E-state index in [9.17, 15) is 0 Å². The number of hydrogen-bond acceptors (Lipinski definition) is 4. The van der Waals surface area contributed by atoms with E-state index >= 15 is 0 Å². The molecule has 0 saturated heterocycles. The van der Waals surface area contributed by atoms with Gasteiger partial charge in [-0.25, -0.2) is 4.68 Å². The number of para-hydroxylation sites is 1. The molecule has 0 aliphatic carbocycles. The summed E-state index contributed by atoms with van der Waals surface area (Å²) in [6.45, 7) is 0. The van der Waals surface area contributed by atoms with E-state index in [0.29, 0.717) is 5.75 Å². The lowest BCUT2D eigenvalue weighted by Gasteiger charge is -2.04. The molecule has 0 atom stereocenters.